The van der Waals surface area contributed by atoms with Gasteiger partial charge in [0.2, 0.25) is 5.91 Å². The van der Waals surface area contributed by atoms with Gasteiger partial charge in [0.25, 0.3) is 0 Å². The van der Waals surface area contributed by atoms with E-state index in [1.807, 2.05) is 29.4 Å². The fraction of sp³-hybridized carbons (Fsp3) is 0.500. The highest BCUT2D eigenvalue weighted by atomic mass is 16.5. The van der Waals surface area contributed by atoms with Gasteiger partial charge in [-0.3, -0.25) is 9.78 Å². The molecule has 2 aromatic heterocycles. The van der Waals surface area contributed by atoms with Crippen LogP contribution < -0.4 is 4.90 Å². The van der Waals surface area contributed by atoms with Crippen LogP contribution in [0.1, 0.15) is 36.3 Å². The molecule has 0 bridgehead atoms. The molecule has 8 heteroatoms. The first-order chi connectivity index (χ1) is 15.6. The zero-order chi connectivity index (χ0) is 22.1. The number of rotatable bonds is 4. The van der Waals surface area contributed by atoms with E-state index >= 15 is 0 Å². The predicted molar refractivity (Wildman–Crippen MR) is 120 cm³/mol. The van der Waals surface area contributed by atoms with E-state index in [0.29, 0.717) is 19.0 Å². The fourth-order valence-electron chi connectivity index (χ4n) is 4.99. The maximum atomic E-state index is 13.4. The Morgan fingerprint density at radius 1 is 1.03 bits per heavy atom. The van der Waals surface area contributed by atoms with Crippen molar-refractivity contribution < 1.29 is 14.3 Å². The van der Waals surface area contributed by atoms with Crippen molar-refractivity contribution in [3.8, 4) is 0 Å². The average Bonchev–Trinajstić information content (AvgIpc) is 3.53. The van der Waals surface area contributed by atoms with E-state index in [9.17, 15) is 9.59 Å². The van der Waals surface area contributed by atoms with E-state index in [1.54, 1.807) is 11.1 Å². The second kappa shape index (κ2) is 8.41. The van der Waals surface area contributed by atoms with Crippen LogP contribution >= 0.6 is 0 Å². The van der Waals surface area contributed by atoms with Gasteiger partial charge in [0.1, 0.15) is 5.82 Å². The molecule has 1 aliphatic carbocycles. The van der Waals surface area contributed by atoms with Crippen LogP contribution in [-0.4, -0.2) is 78.1 Å². The summed E-state index contributed by atoms with van der Waals surface area (Å²) in [6.45, 7) is 4.24. The molecular weight excluding hydrogens is 406 g/mol. The van der Waals surface area contributed by atoms with Gasteiger partial charge in [-0.1, -0.05) is 12.1 Å². The Morgan fingerprint density at radius 3 is 2.47 bits per heavy atom. The minimum absolute atomic E-state index is 0.241. The number of anilines is 1. The number of carbonyl (C=O) groups excluding carboxylic acids is 2. The Morgan fingerprint density at radius 2 is 1.84 bits per heavy atom. The van der Waals surface area contributed by atoms with E-state index in [1.165, 1.54) is 12.7 Å². The molecule has 5 rings (SSSR count). The number of ether oxygens (including phenoxy) is 1. The number of amides is 2. The summed E-state index contributed by atoms with van der Waals surface area (Å²) in [6, 6.07) is 8.14. The Kier molecular flexibility index (Phi) is 5.45. The van der Waals surface area contributed by atoms with Crippen LogP contribution in [0.25, 0.3) is 0 Å². The van der Waals surface area contributed by atoms with E-state index in [4.69, 9.17) is 4.74 Å². The number of carbonyl (C=O) groups is 2. The lowest BCUT2D eigenvalue weighted by Gasteiger charge is -2.34. The van der Waals surface area contributed by atoms with Crippen LogP contribution in [0.5, 0.6) is 0 Å². The summed E-state index contributed by atoms with van der Waals surface area (Å²) < 4.78 is 4.80. The molecule has 1 unspecified atom stereocenters. The van der Waals surface area contributed by atoms with E-state index < -0.39 is 5.41 Å². The zero-order valence-electron chi connectivity index (χ0n) is 18.4. The summed E-state index contributed by atoms with van der Waals surface area (Å²) in [5.41, 5.74) is 1.83. The molecule has 1 atom stereocenters. The van der Waals surface area contributed by atoms with E-state index in [2.05, 4.69) is 27.0 Å². The van der Waals surface area contributed by atoms with Gasteiger partial charge in [0.05, 0.1) is 12.5 Å². The summed E-state index contributed by atoms with van der Waals surface area (Å²) >= 11 is 0. The van der Waals surface area contributed by atoms with Gasteiger partial charge < -0.3 is 19.4 Å². The summed E-state index contributed by atoms with van der Waals surface area (Å²) in [4.78, 5) is 39.9. The highest BCUT2D eigenvalue weighted by molar-refractivity contribution is 5.91. The Bertz CT molecular complexity index is 969. The predicted octanol–water partition coefficient (Wildman–Crippen LogP) is 2.41. The third-order valence-electron chi connectivity index (χ3n) is 7.13. The highest BCUT2D eigenvalue weighted by Crippen LogP contribution is 2.50. The lowest BCUT2D eigenvalue weighted by molar-refractivity contribution is -0.132. The first kappa shape index (κ1) is 20.7. The molecule has 4 heterocycles. The molecular formula is C24H29N5O3. The van der Waals surface area contributed by atoms with E-state index in [-0.39, 0.29) is 12.0 Å². The molecule has 2 aromatic rings. The number of likely N-dealkylation sites (tertiary alicyclic amines) is 1. The van der Waals surface area contributed by atoms with Gasteiger partial charge in [-0.25, -0.2) is 9.78 Å². The smallest absolute Gasteiger partial charge is 0.409 e. The molecule has 32 heavy (non-hydrogen) atoms. The monoisotopic (exact) mass is 435 g/mol. The quantitative estimate of drug-likeness (QED) is 0.734. The second-order valence-corrected chi connectivity index (χ2v) is 8.95. The molecule has 0 radical (unpaired) electrons. The van der Waals surface area contributed by atoms with Crippen molar-refractivity contribution in [2.45, 2.75) is 30.6 Å². The van der Waals surface area contributed by atoms with Gasteiger partial charge in [-0.05, 0) is 42.5 Å². The third kappa shape index (κ3) is 3.78. The van der Waals surface area contributed by atoms with Gasteiger partial charge in [-0.15, -0.1) is 0 Å². The average molecular weight is 436 g/mol. The first-order valence-electron chi connectivity index (χ1n) is 11.3. The normalized spacial score (nSPS) is 22.0. The van der Waals surface area contributed by atoms with Crippen molar-refractivity contribution in [2.75, 3.05) is 51.3 Å². The summed E-state index contributed by atoms with van der Waals surface area (Å²) in [6.07, 6.45) is 8.06. The Balaban J connectivity index is 1.23. The van der Waals surface area contributed by atoms with Crippen molar-refractivity contribution >= 4 is 17.8 Å². The minimum atomic E-state index is -0.404. The molecule has 0 N–H and O–H groups in total. The second-order valence-electron chi connectivity index (χ2n) is 8.95. The summed E-state index contributed by atoms with van der Waals surface area (Å²) in [5.74, 6) is 1.50. The van der Waals surface area contributed by atoms with Crippen molar-refractivity contribution in [1.82, 2.24) is 19.8 Å². The van der Waals surface area contributed by atoms with Crippen LogP contribution in [0.3, 0.4) is 0 Å². The standard InChI is InChI=1S/C24H29N5O3/c1-32-23(31)28-13-11-27(12-14-28)21-5-4-20(16-26-21)24(7-8-24)22(30)29-10-6-19(17-29)18-3-2-9-25-15-18/h2-5,9,15-16,19H,6-8,10-14,17H2,1H3. The molecule has 168 valence electrons. The number of aromatic nitrogens is 2. The number of hydrogen-bond acceptors (Lipinski definition) is 6. The molecule has 8 nitrogen and oxygen atoms in total. The molecule has 1 saturated carbocycles. The SMILES string of the molecule is COC(=O)N1CCN(c2ccc(C3(C(=O)N4CCC(c5cccnc5)C4)CC3)cn2)CC1. The van der Waals surface area contributed by atoms with Crippen LogP contribution in [0.2, 0.25) is 0 Å². The maximum Gasteiger partial charge on any atom is 0.409 e. The number of piperazine rings is 1. The molecule has 3 fully saturated rings. The van der Waals surface area contributed by atoms with Crippen molar-refractivity contribution in [3.63, 3.8) is 0 Å². The summed E-state index contributed by atoms with van der Waals surface area (Å²) in [5, 5.41) is 0. The minimum Gasteiger partial charge on any atom is -0.453 e. The molecule has 0 spiro atoms. The topological polar surface area (TPSA) is 78.9 Å². The van der Waals surface area contributed by atoms with E-state index in [0.717, 1.165) is 56.8 Å². The highest BCUT2D eigenvalue weighted by Gasteiger charge is 2.54. The van der Waals surface area contributed by atoms with Gasteiger partial charge in [-0.2, -0.15) is 0 Å². The third-order valence-corrected chi connectivity index (χ3v) is 7.13. The molecule has 2 amide bonds. The lowest BCUT2D eigenvalue weighted by Crippen LogP contribution is -2.49. The summed E-state index contributed by atoms with van der Waals surface area (Å²) in [7, 11) is 1.41. The van der Waals surface area contributed by atoms with Crippen LogP contribution in [-0.2, 0) is 14.9 Å². The Labute approximate surface area is 188 Å². The van der Waals surface area contributed by atoms with Crippen LogP contribution in [0.4, 0.5) is 10.6 Å². The largest absolute Gasteiger partial charge is 0.453 e. The first-order valence-corrected chi connectivity index (χ1v) is 11.3. The lowest BCUT2D eigenvalue weighted by atomic mass is 9.95. The number of methoxy groups -OCH3 is 1. The van der Waals surface area contributed by atoms with Gasteiger partial charge >= 0.3 is 6.09 Å². The number of hydrogen-bond donors (Lipinski definition) is 0. The molecule has 2 saturated heterocycles. The molecule has 3 aliphatic rings. The molecule has 2 aliphatic heterocycles. The maximum absolute atomic E-state index is 13.4. The number of nitrogens with zero attached hydrogens (tertiary/aromatic N) is 5. The fourth-order valence-corrected chi connectivity index (χ4v) is 4.99. The van der Waals surface area contributed by atoms with Gasteiger partial charge in [0, 0.05) is 63.8 Å². The van der Waals surface area contributed by atoms with Crippen LogP contribution in [0, 0.1) is 0 Å². The van der Waals surface area contributed by atoms with Crippen molar-refractivity contribution in [2.24, 2.45) is 0 Å². The van der Waals surface area contributed by atoms with Crippen molar-refractivity contribution in [1.29, 1.82) is 0 Å². The van der Waals surface area contributed by atoms with Crippen LogP contribution in [0.15, 0.2) is 42.9 Å². The van der Waals surface area contributed by atoms with Crippen molar-refractivity contribution in [3.05, 3.63) is 54.0 Å². The Hall–Kier alpha value is -3.16. The van der Waals surface area contributed by atoms with Gasteiger partial charge in [0.15, 0.2) is 0 Å². The number of pyridine rings is 2. The zero-order valence-corrected chi connectivity index (χ0v) is 18.4. The molecule has 0 aromatic carbocycles.